The predicted octanol–water partition coefficient (Wildman–Crippen LogP) is 1.94. The molecule has 1 saturated heterocycles. The zero-order valence-corrected chi connectivity index (χ0v) is 15.7. The Morgan fingerprint density at radius 3 is 2.54 bits per heavy atom. The minimum Gasteiger partial charge on any atom is -0.396 e. The highest BCUT2D eigenvalue weighted by Crippen LogP contribution is 2.34. The third-order valence-corrected chi connectivity index (χ3v) is 5.35. The van der Waals surface area contributed by atoms with E-state index in [9.17, 15) is 10.2 Å². The quantitative estimate of drug-likeness (QED) is 0.829. The first-order valence-corrected chi connectivity index (χ1v) is 9.20. The van der Waals surface area contributed by atoms with Gasteiger partial charge in [-0.15, -0.1) is 0 Å². The van der Waals surface area contributed by atoms with Gasteiger partial charge < -0.3 is 15.1 Å². The van der Waals surface area contributed by atoms with E-state index < -0.39 is 11.5 Å². The molecule has 2 atom stereocenters. The summed E-state index contributed by atoms with van der Waals surface area (Å²) in [6.45, 7) is 2.27. The summed E-state index contributed by atoms with van der Waals surface area (Å²) in [4.78, 5) is 8.78. The molecule has 0 radical (unpaired) electrons. The number of aliphatic hydroxyl groups excluding tert-OH is 2. The van der Waals surface area contributed by atoms with Gasteiger partial charge in [-0.1, -0.05) is 36.4 Å². The van der Waals surface area contributed by atoms with Crippen molar-refractivity contribution in [3.8, 4) is 0 Å². The van der Waals surface area contributed by atoms with Gasteiger partial charge in [0.05, 0.1) is 12.7 Å². The van der Waals surface area contributed by atoms with Crippen LogP contribution in [-0.4, -0.2) is 60.0 Å². The number of aliphatic hydroxyl groups is 2. The molecule has 2 heterocycles. The lowest BCUT2D eigenvalue weighted by Crippen LogP contribution is -2.54. The van der Waals surface area contributed by atoms with E-state index in [2.05, 4.69) is 28.1 Å². The zero-order chi connectivity index (χ0) is 18.6. The Balaban J connectivity index is 1.71. The third-order valence-electron chi connectivity index (χ3n) is 5.35. The number of piperidine rings is 1. The van der Waals surface area contributed by atoms with E-state index in [1.54, 1.807) is 0 Å². The van der Waals surface area contributed by atoms with E-state index in [-0.39, 0.29) is 6.61 Å². The first kappa shape index (κ1) is 18.8. The molecule has 0 saturated carbocycles. The predicted molar refractivity (Wildman–Crippen MR) is 104 cm³/mol. The van der Waals surface area contributed by atoms with Crippen LogP contribution in [0, 0.1) is 5.41 Å². The Morgan fingerprint density at radius 2 is 1.92 bits per heavy atom. The molecule has 3 rings (SSSR count). The van der Waals surface area contributed by atoms with Crippen molar-refractivity contribution in [1.82, 2.24) is 9.88 Å². The van der Waals surface area contributed by atoms with Crippen LogP contribution in [0.3, 0.4) is 0 Å². The van der Waals surface area contributed by atoms with Crippen molar-refractivity contribution in [3.63, 3.8) is 0 Å². The van der Waals surface area contributed by atoms with Gasteiger partial charge in [0.15, 0.2) is 0 Å². The summed E-state index contributed by atoms with van der Waals surface area (Å²) in [5, 5.41) is 20.8. The number of rotatable bonds is 6. The standard InChI is InChI=1S/C21H29N3O2/c1-23(2)20-9-8-18(13-22-20)14-24-11-10-19(26)21(15-24,16-25)12-17-6-4-3-5-7-17/h3-9,13,19,25-26H,10-12,14-16H2,1-2H3/t19-,21+/m0/s1. The molecule has 1 aromatic carbocycles. The smallest absolute Gasteiger partial charge is 0.127 e. The summed E-state index contributed by atoms with van der Waals surface area (Å²) in [7, 11) is 3.96. The molecule has 2 aromatic rings. The highest BCUT2D eigenvalue weighted by molar-refractivity contribution is 5.37. The van der Waals surface area contributed by atoms with Gasteiger partial charge in [0.25, 0.3) is 0 Å². The molecule has 0 bridgehead atoms. The van der Waals surface area contributed by atoms with E-state index >= 15 is 0 Å². The van der Waals surface area contributed by atoms with Crippen LogP contribution in [0.1, 0.15) is 17.5 Å². The van der Waals surface area contributed by atoms with Crippen LogP contribution in [0.5, 0.6) is 0 Å². The third kappa shape index (κ3) is 4.23. The maximum absolute atomic E-state index is 10.7. The molecule has 1 aliphatic heterocycles. The van der Waals surface area contributed by atoms with Crippen molar-refractivity contribution in [2.24, 2.45) is 5.41 Å². The second-order valence-electron chi connectivity index (χ2n) is 7.62. The summed E-state index contributed by atoms with van der Waals surface area (Å²) in [5.74, 6) is 0.941. The van der Waals surface area contributed by atoms with Crippen molar-refractivity contribution < 1.29 is 10.2 Å². The number of anilines is 1. The highest BCUT2D eigenvalue weighted by Gasteiger charge is 2.42. The maximum Gasteiger partial charge on any atom is 0.127 e. The number of benzene rings is 1. The van der Waals surface area contributed by atoms with Gasteiger partial charge in [-0.2, -0.15) is 0 Å². The number of hydrogen-bond donors (Lipinski definition) is 2. The molecule has 0 spiro atoms. The van der Waals surface area contributed by atoms with Crippen molar-refractivity contribution in [1.29, 1.82) is 0 Å². The van der Waals surface area contributed by atoms with E-state index in [0.29, 0.717) is 19.4 Å². The molecule has 0 amide bonds. The van der Waals surface area contributed by atoms with Gasteiger partial charge in [0.1, 0.15) is 5.82 Å². The van der Waals surface area contributed by atoms with Crippen molar-refractivity contribution in [2.75, 3.05) is 38.7 Å². The van der Waals surface area contributed by atoms with Crippen LogP contribution >= 0.6 is 0 Å². The first-order chi connectivity index (χ1) is 12.5. The fourth-order valence-electron chi connectivity index (χ4n) is 3.80. The van der Waals surface area contributed by atoms with Gasteiger partial charge in [-0.05, 0) is 30.0 Å². The Labute approximate surface area is 155 Å². The molecular formula is C21H29N3O2. The molecule has 5 heteroatoms. The maximum atomic E-state index is 10.7. The van der Waals surface area contributed by atoms with Gasteiger partial charge in [-0.3, -0.25) is 4.90 Å². The molecule has 1 aliphatic rings. The molecule has 1 aromatic heterocycles. The Hall–Kier alpha value is -1.95. The molecule has 26 heavy (non-hydrogen) atoms. The molecule has 0 aliphatic carbocycles. The lowest BCUT2D eigenvalue weighted by Gasteiger charge is -2.45. The Kier molecular flexibility index (Phi) is 5.91. The largest absolute Gasteiger partial charge is 0.396 e. The lowest BCUT2D eigenvalue weighted by atomic mass is 9.73. The van der Waals surface area contributed by atoms with Crippen LogP contribution < -0.4 is 4.90 Å². The van der Waals surface area contributed by atoms with Gasteiger partial charge in [0.2, 0.25) is 0 Å². The Morgan fingerprint density at radius 1 is 1.15 bits per heavy atom. The minimum absolute atomic E-state index is 0.0165. The Bertz CT molecular complexity index is 690. The summed E-state index contributed by atoms with van der Waals surface area (Å²) in [6, 6.07) is 14.3. The van der Waals surface area contributed by atoms with E-state index in [4.69, 9.17) is 0 Å². The number of likely N-dealkylation sites (tertiary alicyclic amines) is 1. The second-order valence-corrected chi connectivity index (χ2v) is 7.62. The van der Waals surface area contributed by atoms with E-state index in [1.165, 1.54) is 0 Å². The van der Waals surface area contributed by atoms with Crippen molar-refractivity contribution >= 4 is 5.82 Å². The van der Waals surface area contributed by atoms with E-state index in [1.807, 2.05) is 49.5 Å². The molecule has 5 nitrogen and oxygen atoms in total. The minimum atomic E-state index is -0.517. The zero-order valence-electron chi connectivity index (χ0n) is 15.7. The SMILES string of the molecule is CN(C)c1ccc(CN2CC[C@H](O)[C@](CO)(Cc3ccccc3)C2)cn1. The monoisotopic (exact) mass is 355 g/mol. The summed E-state index contributed by atoms with van der Waals surface area (Å²) >= 11 is 0. The highest BCUT2D eigenvalue weighted by atomic mass is 16.3. The molecule has 140 valence electrons. The normalized spacial score (nSPS) is 23.8. The fourth-order valence-corrected chi connectivity index (χ4v) is 3.80. The summed E-state index contributed by atoms with van der Waals surface area (Å²) < 4.78 is 0. The number of aromatic nitrogens is 1. The van der Waals surface area contributed by atoms with Gasteiger partial charge in [-0.25, -0.2) is 4.98 Å². The number of hydrogen-bond acceptors (Lipinski definition) is 5. The average molecular weight is 355 g/mol. The molecule has 0 unspecified atom stereocenters. The topological polar surface area (TPSA) is 59.8 Å². The molecular weight excluding hydrogens is 326 g/mol. The first-order valence-electron chi connectivity index (χ1n) is 9.20. The van der Waals surface area contributed by atoms with Gasteiger partial charge in [0, 0.05) is 45.3 Å². The van der Waals surface area contributed by atoms with Crippen LogP contribution in [-0.2, 0) is 13.0 Å². The molecule has 2 N–H and O–H groups in total. The fraction of sp³-hybridized carbons (Fsp3) is 0.476. The van der Waals surface area contributed by atoms with Crippen LogP contribution in [0.25, 0.3) is 0 Å². The van der Waals surface area contributed by atoms with Crippen LogP contribution in [0.15, 0.2) is 48.7 Å². The van der Waals surface area contributed by atoms with Gasteiger partial charge >= 0.3 is 0 Å². The lowest BCUT2D eigenvalue weighted by molar-refractivity contribution is -0.0768. The van der Waals surface area contributed by atoms with E-state index in [0.717, 1.165) is 30.0 Å². The number of pyridine rings is 1. The van der Waals surface area contributed by atoms with Crippen molar-refractivity contribution in [3.05, 3.63) is 59.8 Å². The number of nitrogens with zero attached hydrogens (tertiary/aromatic N) is 3. The van der Waals surface area contributed by atoms with Crippen LogP contribution in [0.4, 0.5) is 5.82 Å². The summed E-state index contributed by atoms with van der Waals surface area (Å²) in [5.41, 5.74) is 1.79. The average Bonchev–Trinajstić information content (AvgIpc) is 2.66. The van der Waals surface area contributed by atoms with Crippen molar-refractivity contribution in [2.45, 2.75) is 25.5 Å². The van der Waals surface area contributed by atoms with Crippen LogP contribution in [0.2, 0.25) is 0 Å². The second kappa shape index (κ2) is 8.16. The molecule has 1 fully saturated rings. The summed E-state index contributed by atoms with van der Waals surface area (Å²) in [6.07, 6.45) is 2.78.